The summed E-state index contributed by atoms with van der Waals surface area (Å²) >= 11 is 0. The Morgan fingerprint density at radius 3 is 2.36 bits per heavy atom. The number of esters is 1. The minimum Gasteiger partial charge on any atom is -0.460 e. The van der Waals surface area contributed by atoms with Crippen molar-refractivity contribution in [3.8, 4) is 0 Å². The first-order valence-electron chi connectivity index (χ1n) is 9.75. The molecule has 5 nitrogen and oxygen atoms in total. The third kappa shape index (κ3) is 6.55. The highest BCUT2D eigenvalue weighted by atomic mass is 16.6. The van der Waals surface area contributed by atoms with Crippen LogP contribution in [0.25, 0.3) is 0 Å². The van der Waals surface area contributed by atoms with Crippen molar-refractivity contribution in [1.82, 2.24) is 5.32 Å². The summed E-state index contributed by atoms with van der Waals surface area (Å²) in [5.74, 6) is -0.209. The Morgan fingerprint density at radius 1 is 1.11 bits per heavy atom. The van der Waals surface area contributed by atoms with Crippen LogP contribution in [0, 0.1) is 5.92 Å². The molecule has 0 radical (unpaired) electrons. The quantitative estimate of drug-likeness (QED) is 0.718. The highest BCUT2D eigenvalue weighted by Crippen LogP contribution is 2.34. The molecule has 1 aromatic rings. The summed E-state index contributed by atoms with van der Waals surface area (Å²) in [7, 11) is 0. The zero-order valence-corrected chi connectivity index (χ0v) is 17.3. The van der Waals surface area contributed by atoms with E-state index in [4.69, 9.17) is 9.47 Å². The van der Waals surface area contributed by atoms with Gasteiger partial charge in [0, 0.05) is 5.92 Å². The van der Waals surface area contributed by atoms with Crippen LogP contribution in [-0.2, 0) is 14.3 Å². The third-order valence-corrected chi connectivity index (χ3v) is 4.55. The van der Waals surface area contributed by atoms with Gasteiger partial charge in [0.1, 0.15) is 17.7 Å². The summed E-state index contributed by atoms with van der Waals surface area (Å²) < 4.78 is 10.9. The van der Waals surface area contributed by atoms with E-state index in [0.717, 1.165) is 12.0 Å². The van der Waals surface area contributed by atoms with Gasteiger partial charge in [0.15, 0.2) is 0 Å². The Labute approximate surface area is 167 Å². The normalized spacial score (nSPS) is 19.4. The van der Waals surface area contributed by atoms with Crippen molar-refractivity contribution >= 4 is 12.1 Å². The van der Waals surface area contributed by atoms with E-state index in [0.29, 0.717) is 0 Å². The van der Waals surface area contributed by atoms with Gasteiger partial charge in [-0.15, -0.1) is 0 Å². The van der Waals surface area contributed by atoms with E-state index < -0.39 is 23.7 Å². The van der Waals surface area contributed by atoms with E-state index in [1.807, 2.05) is 37.3 Å². The number of carbonyl (C=O) groups excluding carboxylic acids is 2. The highest BCUT2D eigenvalue weighted by Gasteiger charge is 2.31. The van der Waals surface area contributed by atoms with Gasteiger partial charge in [-0.25, -0.2) is 9.59 Å². The molecule has 2 unspecified atom stereocenters. The van der Waals surface area contributed by atoms with Gasteiger partial charge in [-0.3, -0.25) is 0 Å². The van der Waals surface area contributed by atoms with Crippen LogP contribution in [0.1, 0.15) is 52.5 Å². The van der Waals surface area contributed by atoms with Gasteiger partial charge < -0.3 is 14.8 Å². The molecule has 1 aliphatic rings. The zero-order valence-electron chi connectivity index (χ0n) is 17.3. The van der Waals surface area contributed by atoms with Crippen molar-refractivity contribution < 1.29 is 19.1 Å². The molecule has 2 rings (SSSR count). The summed E-state index contributed by atoms with van der Waals surface area (Å²) in [6.07, 6.45) is 8.26. The van der Waals surface area contributed by atoms with Crippen LogP contribution in [0.15, 0.2) is 54.6 Å². The van der Waals surface area contributed by atoms with Crippen molar-refractivity contribution in [2.45, 2.75) is 64.7 Å². The number of amides is 1. The molecule has 0 spiro atoms. The van der Waals surface area contributed by atoms with Crippen molar-refractivity contribution in [3.63, 3.8) is 0 Å². The predicted molar refractivity (Wildman–Crippen MR) is 110 cm³/mol. The smallest absolute Gasteiger partial charge is 0.408 e. The van der Waals surface area contributed by atoms with Gasteiger partial charge in [-0.2, -0.15) is 0 Å². The molecule has 0 bridgehead atoms. The van der Waals surface area contributed by atoms with Crippen LogP contribution in [0.4, 0.5) is 4.79 Å². The minimum absolute atomic E-state index is 0.0278. The average molecular weight is 386 g/mol. The number of benzene rings is 1. The summed E-state index contributed by atoms with van der Waals surface area (Å²) in [5.41, 5.74) is 0.501. The Balaban J connectivity index is 2.05. The van der Waals surface area contributed by atoms with E-state index in [-0.39, 0.29) is 17.9 Å². The molecule has 4 atom stereocenters. The number of nitrogens with one attached hydrogen (secondary N) is 1. The van der Waals surface area contributed by atoms with Crippen LogP contribution < -0.4 is 5.32 Å². The van der Waals surface area contributed by atoms with Crippen LogP contribution in [0.2, 0.25) is 0 Å². The molecule has 5 heteroatoms. The molecule has 152 valence electrons. The van der Waals surface area contributed by atoms with Crippen molar-refractivity contribution in [1.29, 1.82) is 0 Å². The van der Waals surface area contributed by atoms with Crippen LogP contribution in [0.5, 0.6) is 0 Å². The summed E-state index contributed by atoms with van der Waals surface area (Å²) in [6, 6.07) is 9.28. The Hall–Kier alpha value is -2.56. The minimum atomic E-state index is -0.796. The van der Waals surface area contributed by atoms with Crippen molar-refractivity contribution in [2.24, 2.45) is 5.92 Å². The number of ether oxygens (including phenoxy) is 2. The molecule has 1 aromatic carbocycles. The number of rotatable bonds is 6. The lowest BCUT2D eigenvalue weighted by atomic mass is 9.79. The molecule has 1 aliphatic carbocycles. The molecule has 0 saturated heterocycles. The van der Waals surface area contributed by atoms with Crippen LogP contribution in [0.3, 0.4) is 0 Å². The van der Waals surface area contributed by atoms with Gasteiger partial charge in [-0.05, 0) is 52.5 Å². The second-order valence-corrected chi connectivity index (χ2v) is 8.16. The molecule has 0 fully saturated rings. The number of alkyl carbamates (subject to hydrolysis) is 1. The second-order valence-electron chi connectivity index (χ2n) is 8.16. The highest BCUT2D eigenvalue weighted by molar-refractivity contribution is 5.81. The summed E-state index contributed by atoms with van der Waals surface area (Å²) in [5, 5.41) is 2.54. The van der Waals surface area contributed by atoms with E-state index in [2.05, 4.69) is 29.6 Å². The Bertz CT molecular complexity index is 718. The van der Waals surface area contributed by atoms with Crippen molar-refractivity contribution in [2.75, 3.05) is 0 Å². The molecular formula is C23H31NO4. The lowest BCUT2D eigenvalue weighted by molar-refractivity contribution is -0.151. The van der Waals surface area contributed by atoms with Gasteiger partial charge >= 0.3 is 12.1 Å². The molecule has 28 heavy (non-hydrogen) atoms. The molecule has 0 aromatic heterocycles. The molecule has 0 heterocycles. The third-order valence-electron chi connectivity index (χ3n) is 4.55. The first kappa shape index (κ1) is 21.7. The van der Waals surface area contributed by atoms with Gasteiger partial charge in [0.2, 0.25) is 0 Å². The summed E-state index contributed by atoms with van der Waals surface area (Å²) in [4.78, 5) is 24.5. The topological polar surface area (TPSA) is 64.6 Å². The monoisotopic (exact) mass is 385 g/mol. The standard InChI is InChI=1S/C23H31NO4/c1-16(24-22(26)28-23(3,4)5)21(25)27-17(2)20(18-12-8-6-9-13-18)19-14-10-7-11-15-19/h6-14,16-17,19-20H,15H2,1-5H3,(H,24,26)/t16-,17-,19?,20?/m0/s1. The summed E-state index contributed by atoms with van der Waals surface area (Å²) in [6.45, 7) is 8.82. The van der Waals surface area contributed by atoms with Gasteiger partial charge in [0.25, 0.3) is 0 Å². The van der Waals surface area contributed by atoms with E-state index >= 15 is 0 Å². The van der Waals surface area contributed by atoms with E-state index in [9.17, 15) is 9.59 Å². The fourth-order valence-electron chi connectivity index (χ4n) is 3.31. The maximum Gasteiger partial charge on any atom is 0.408 e. The maximum atomic E-state index is 12.5. The van der Waals surface area contributed by atoms with Gasteiger partial charge in [-0.1, -0.05) is 54.6 Å². The zero-order chi connectivity index (χ0) is 20.7. The fraction of sp³-hybridized carbons (Fsp3) is 0.478. The second kappa shape index (κ2) is 9.58. The Kier molecular flexibility index (Phi) is 7.44. The van der Waals surface area contributed by atoms with Crippen LogP contribution in [-0.4, -0.2) is 29.8 Å². The lowest BCUT2D eigenvalue weighted by Crippen LogP contribution is -2.43. The fourth-order valence-corrected chi connectivity index (χ4v) is 3.31. The lowest BCUT2D eigenvalue weighted by Gasteiger charge is -2.31. The largest absolute Gasteiger partial charge is 0.460 e. The first-order valence-corrected chi connectivity index (χ1v) is 9.75. The van der Waals surface area contributed by atoms with E-state index in [1.165, 1.54) is 0 Å². The van der Waals surface area contributed by atoms with Gasteiger partial charge in [0.05, 0.1) is 0 Å². The van der Waals surface area contributed by atoms with E-state index in [1.54, 1.807) is 27.7 Å². The SMILES string of the molecule is C[C@H](NC(=O)OC(C)(C)C)C(=O)O[C@@H](C)C(c1ccccc1)C1C=CC=CC1. The van der Waals surface area contributed by atoms with Crippen LogP contribution >= 0.6 is 0 Å². The average Bonchev–Trinajstić information content (AvgIpc) is 2.62. The number of allylic oxidation sites excluding steroid dienone is 4. The number of carbonyl (C=O) groups is 2. The number of hydrogen-bond acceptors (Lipinski definition) is 4. The molecule has 1 amide bonds. The Morgan fingerprint density at radius 2 is 1.79 bits per heavy atom. The molecule has 1 N–H and O–H groups in total. The molecule has 0 aliphatic heterocycles. The number of hydrogen-bond donors (Lipinski definition) is 1. The van der Waals surface area contributed by atoms with Crippen molar-refractivity contribution in [3.05, 3.63) is 60.2 Å². The molecule has 0 saturated carbocycles. The predicted octanol–water partition coefficient (Wildman–Crippen LogP) is 4.75. The maximum absolute atomic E-state index is 12.5. The first-order chi connectivity index (χ1) is 13.2. The molecular weight excluding hydrogens is 354 g/mol.